The monoisotopic (exact) mass is 384 g/mol. The zero-order valence-electron chi connectivity index (χ0n) is 12.9. The van der Waals surface area contributed by atoms with Crippen LogP contribution in [0.3, 0.4) is 0 Å². The summed E-state index contributed by atoms with van der Waals surface area (Å²) in [6, 6.07) is 12.0. The van der Waals surface area contributed by atoms with E-state index in [2.05, 4.69) is 5.32 Å². The zero-order chi connectivity index (χ0) is 17.7. The molecule has 0 unspecified atom stereocenters. The van der Waals surface area contributed by atoms with Crippen molar-refractivity contribution < 1.29 is 9.59 Å². The summed E-state index contributed by atoms with van der Waals surface area (Å²) in [6.07, 6.45) is 0.0909. The highest BCUT2D eigenvalue weighted by Gasteiger charge is 2.17. The van der Waals surface area contributed by atoms with Crippen LogP contribution in [0.4, 0.5) is 11.4 Å². The molecule has 0 aliphatic heterocycles. The Kier molecular flexibility index (Phi) is 6.49. The summed E-state index contributed by atoms with van der Waals surface area (Å²) in [7, 11) is 0. The van der Waals surface area contributed by atoms with E-state index >= 15 is 0 Å². The van der Waals surface area contributed by atoms with Gasteiger partial charge >= 0.3 is 0 Å². The minimum absolute atomic E-state index is 0.0909. The largest absolute Gasteiger partial charge is 0.325 e. The molecule has 0 saturated carbocycles. The summed E-state index contributed by atoms with van der Waals surface area (Å²) < 4.78 is 0. The number of hydrogen-bond donors (Lipinski definition) is 1. The van der Waals surface area contributed by atoms with Gasteiger partial charge < -0.3 is 10.2 Å². The Balaban J connectivity index is 2.07. The summed E-state index contributed by atoms with van der Waals surface area (Å²) in [5.41, 5.74) is 1.00. The van der Waals surface area contributed by atoms with E-state index in [4.69, 9.17) is 34.8 Å². The molecule has 0 heterocycles. The first-order valence-corrected chi connectivity index (χ1v) is 8.30. The van der Waals surface area contributed by atoms with E-state index in [0.717, 1.165) is 0 Å². The fourth-order valence-electron chi connectivity index (χ4n) is 2.14. The van der Waals surface area contributed by atoms with Crippen molar-refractivity contribution in [2.45, 2.75) is 13.3 Å². The predicted octanol–water partition coefficient (Wildman–Crippen LogP) is 5.03. The van der Waals surface area contributed by atoms with E-state index in [9.17, 15) is 9.59 Å². The van der Waals surface area contributed by atoms with Gasteiger partial charge in [-0.2, -0.15) is 0 Å². The quantitative estimate of drug-likeness (QED) is 0.785. The molecule has 0 bridgehead atoms. The molecule has 0 saturated heterocycles. The Bertz CT molecular complexity index is 765. The topological polar surface area (TPSA) is 49.4 Å². The van der Waals surface area contributed by atoms with Gasteiger partial charge in [0.25, 0.3) is 0 Å². The molecule has 126 valence electrons. The van der Waals surface area contributed by atoms with Crippen LogP contribution in [0, 0.1) is 0 Å². The van der Waals surface area contributed by atoms with Gasteiger partial charge in [0.15, 0.2) is 0 Å². The SMILES string of the molecule is CC(=O)N(CCC(=O)Nc1ccccc1Cl)c1cccc(Cl)c1Cl. The highest BCUT2D eigenvalue weighted by Crippen LogP contribution is 2.32. The number of nitrogens with zero attached hydrogens (tertiary/aromatic N) is 1. The van der Waals surface area contributed by atoms with Crippen LogP contribution in [-0.4, -0.2) is 18.4 Å². The smallest absolute Gasteiger partial charge is 0.226 e. The Hall–Kier alpha value is -1.75. The number of anilines is 2. The van der Waals surface area contributed by atoms with Crippen molar-refractivity contribution in [2.75, 3.05) is 16.8 Å². The average Bonchev–Trinajstić information content (AvgIpc) is 2.53. The van der Waals surface area contributed by atoms with Gasteiger partial charge in [-0.05, 0) is 24.3 Å². The maximum Gasteiger partial charge on any atom is 0.226 e. The standard InChI is InChI=1S/C17H15Cl3N2O2/c1-11(23)22(15-8-4-6-13(19)17(15)20)10-9-16(24)21-14-7-3-2-5-12(14)18/h2-8H,9-10H2,1H3,(H,21,24). The molecule has 0 spiro atoms. The van der Waals surface area contributed by atoms with E-state index < -0.39 is 0 Å². The number of amides is 2. The Morgan fingerprint density at radius 1 is 1.00 bits per heavy atom. The molecule has 2 aromatic carbocycles. The first kappa shape index (κ1) is 18.6. The van der Waals surface area contributed by atoms with Crippen LogP contribution in [0.15, 0.2) is 42.5 Å². The number of halogens is 3. The van der Waals surface area contributed by atoms with Gasteiger partial charge in [0.2, 0.25) is 11.8 Å². The Morgan fingerprint density at radius 3 is 2.33 bits per heavy atom. The summed E-state index contributed by atoms with van der Waals surface area (Å²) in [4.78, 5) is 25.4. The summed E-state index contributed by atoms with van der Waals surface area (Å²) in [6.45, 7) is 1.58. The fraction of sp³-hybridized carbons (Fsp3) is 0.176. The second-order valence-electron chi connectivity index (χ2n) is 5.02. The molecule has 7 heteroatoms. The van der Waals surface area contributed by atoms with Gasteiger partial charge in [-0.15, -0.1) is 0 Å². The molecule has 0 atom stereocenters. The number of carbonyl (C=O) groups excluding carboxylic acids is 2. The van der Waals surface area contributed by atoms with Gasteiger partial charge in [-0.3, -0.25) is 9.59 Å². The molecule has 0 radical (unpaired) electrons. The van der Waals surface area contributed by atoms with E-state index in [1.165, 1.54) is 11.8 Å². The molecule has 0 aliphatic rings. The van der Waals surface area contributed by atoms with E-state index in [-0.39, 0.29) is 29.8 Å². The lowest BCUT2D eigenvalue weighted by Crippen LogP contribution is -2.32. The van der Waals surface area contributed by atoms with Crippen LogP contribution in [0.5, 0.6) is 0 Å². The minimum atomic E-state index is -0.257. The maximum absolute atomic E-state index is 12.1. The van der Waals surface area contributed by atoms with Crippen LogP contribution < -0.4 is 10.2 Å². The van der Waals surface area contributed by atoms with Crippen LogP contribution in [0.2, 0.25) is 15.1 Å². The number of para-hydroxylation sites is 1. The number of rotatable bonds is 5. The van der Waals surface area contributed by atoms with Crippen molar-refractivity contribution in [3.8, 4) is 0 Å². The van der Waals surface area contributed by atoms with Crippen molar-refractivity contribution >= 4 is 58.0 Å². The number of benzene rings is 2. The fourth-order valence-corrected chi connectivity index (χ4v) is 2.72. The molecule has 2 aromatic rings. The molecule has 24 heavy (non-hydrogen) atoms. The molecule has 1 N–H and O–H groups in total. The van der Waals surface area contributed by atoms with Gasteiger partial charge in [0, 0.05) is 19.9 Å². The van der Waals surface area contributed by atoms with E-state index in [1.54, 1.807) is 42.5 Å². The zero-order valence-corrected chi connectivity index (χ0v) is 15.1. The van der Waals surface area contributed by atoms with Crippen molar-refractivity contribution in [1.29, 1.82) is 0 Å². The normalized spacial score (nSPS) is 10.3. The first-order valence-electron chi connectivity index (χ1n) is 7.16. The second kappa shape index (κ2) is 8.38. The second-order valence-corrected chi connectivity index (χ2v) is 6.21. The number of carbonyl (C=O) groups is 2. The van der Waals surface area contributed by atoms with Gasteiger partial charge in [-0.25, -0.2) is 0 Å². The van der Waals surface area contributed by atoms with Crippen LogP contribution in [-0.2, 0) is 9.59 Å². The molecule has 0 aromatic heterocycles. The number of nitrogens with one attached hydrogen (secondary N) is 1. The third-order valence-electron chi connectivity index (χ3n) is 3.31. The van der Waals surface area contributed by atoms with Crippen molar-refractivity contribution in [1.82, 2.24) is 0 Å². The van der Waals surface area contributed by atoms with Gasteiger partial charge in [0.05, 0.1) is 26.4 Å². The van der Waals surface area contributed by atoms with E-state index in [1.807, 2.05) is 0 Å². The highest BCUT2D eigenvalue weighted by atomic mass is 35.5. The number of hydrogen-bond acceptors (Lipinski definition) is 2. The predicted molar refractivity (Wildman–Crippen MR) is 99.2 cm³/mol. The van der Waals surface area contributed by atoms with Crippen LogP contribution in [0.25, 0.3) is 0 Å². The van der Waals surface area contributed by atoms with Gasteiger partial charge in [0.1, 0.15) is 0 Å². The Morgan fingerprint density at radius 2 is 1.67 bits per heavy atom. The Labute approximate surface area is 155 Å². The summed E-state index contributed by atoms with van der Waals surface area (Å²) in [5, 5.41) is 3.79. The third kappa shape index (κ3) is 4.63. The maximum atomic E-state index is 12.1. The highest BCUT2D eigenvalue weighted by molar-refractivity contribution is 6.44. The van der Waals surface area contributed by atoms with Crippen molar-refractivity contribution in [3.63, 3.8) is 0 Å². The molecule has 0 aliphatic carbocycles. The summed E-state index contributed by atoms with van der Waals surface area (Å²) in [5.74, 6) is -0.489. The average molecular weight is 386 g/mol. The first-order chi connectivity index (χ1) is 11.4. The third-order valence-corrected chi connectivity index (χ3v) is 4.45. The van der Waals surface area contributed by atoms with Gasteiger partial charge in [-0.1, -0.05) is 53.0 Å². The van der Waals surface area contributed by atoms with Crippen LogP contribution in [0.1, 0.15) is 13.3 Å². The molecular weight excluding hydrogens is 371 g/mol. The summed E-state index contributed by atoms with van der Waals surface area (Å²) >= 11 is 18.1. The van der Waals surface area contributed by atoms with Crippen molar-refractivity contribution in [2.24, 2.45) is 0 Å². The lowest BCUT2D eigenvalue weighted by molar-refractivity contribution is -0.117. The lowest BCUT2D eigenvalue weighted by Gasteiger charge is -2.22. The van der Waals surface area contributed by atoms with E-state index in [0.29, 0.717) is 21.4 Å². The molecule has 2 amide bonds. The van der Waals surface area contributed by atoms with Crippen molar-refractivity contribution in [3.05, 3.63) is 57.5 Å². The molecule has 2 rings (SSSR count). The molecule has 4 nitrogen and oxygen atoms in total. The minimum Gasteiger partial charge on any atom is -0.325 e. The molecular formula is C17H15Cl3N2O2. The lowest BCUT2D eigenvalue weighted by atomic mass is 10.2. The molecule has 0 fully saturated rings. The van der Waals surface area contributed by atoms with Crippen LogP contribution >= 0.6 is 34.8 Å².